The highest BCUT2D eigenvalue weighted by Crippen LogP contribution is 2.30. The quantitative estimate of drug-likeness (QED) is 0.103. The Kier molecular flexibility index (Phi) is 12.8. The molecule has 14 N–H and O–H groups in total. The van der Waals surface area contributed by atoms with Crippen LogP contribution in [0.4, 0.5) is 0 Å². The fraction of sp³-hybridized carbons (Fsp3) is 1.00. The van der Waals surface area contributed by atoms with Crippen molar-refractivity contribution in [3.05, 3.63) is 0 Å². The zero-order valence-corrected chi connectivity index (χ0v) is 23.5. The largest absolute Gasteiger partial charge is 0.394 e. The van der Waals surface area contributed by atoms with Crippen molar-refractivity contribution in [3.8, 4) is 0 Å². The molecule has 0 saturated carbocycles. The lowest BCUT2D eigenvalue weighted by molar-refractivity contribution is -0.364. The first-order valence-corrected chi connectivity index (χ1v) is 14.1. The molecule has 21 nitrogen and oxygen atoms in total. The minimum absolute atomic E-state index is 0.646. The molecular weight excluding hydrogens is 624 g/mol. The molecule has 264 valence electrons. The van der Waals surface area contributed by atoms with Crippen LogP contribution in [0.25, 0.3) is 0 Å². The summed E-state index contributed by atoms with van der Waals surface area (Å²) in [4.78, 5) is 0. The van der Waals surface area contributed by atoms with Crippen LogP contribution >= 0.6 is 0 Å². The lowest BCUT2D eigenvalue weighted by Crippen LogP contribution is -2.65. The molecule has 0 radical (unpaired) electrons. The van der Waals surface area contributed by atoms with E-state index in [2.05, 4.69) is 0 Å². The summed E-state index contributed by atoms with van der Waals surface area (Å²) in [6.45, 7) is -2.89. The third-order valence-electron chi connectivity index (χ3n) is 8.17. The SMILES string of the molecule is OC[C@H]1O[C@H](OC[C@H]2O[C@H](OC[C@H]3O[C@H](O[C@@H]4[C@H](O)[C@@H](O)O[C@H](CO)[C@H]4O)[C@H](O)[C@@H](O)[C@@H]3O)[C@@H](O)[C@@H](O)[C@@H]2O)[C@@H](O)[C@@H](O)[C@@H]1O. The van der Waals surface area contributed by atoms with Gasteiger partial charge in [-0.15, -0.1) is 0 Å². The van der Waals surface area contributed by atoms with Gasteiger partial charge in [0.15, 0.2) is 25.2 Å². The van der Waals surface area contributed by atoms with Gasteiger partial charge in [0, 0.05) is 0 Å². The van der Waals surface area contributed by atoms with E-state index in [1.54, 1.807) is 0 Å². The van der Waals surface area contributed by atoms with E-state index in [-0.39, 0.29) is 0 Å². The maximum absolute atomic E-state index is 10.5. The van der Waals surface area contributed by atoms with E-state index in [1.165, 1.54) is 0 Å². The first-order valence-electron chi connectivity index (χ1n) is 14.1. The maximum Gasteiger partial charge on any atom is 0.187 e. The third-order valence-corrected chi connectivity index (χ3v) is 8.17. The van der Waals surface area contributed by atoms with Gasteiger partial charge in [0.05, 0.1) is 26.4 Å². The van der Waals surface area contributed by atoms with Crippen molar-refractivity contribution < 1.29 is 105 Å². The molecule has 4 aliphatic heterocycles. The van der Waals surface area contributed by atoms with Gasteiger partial charge in [0.2, 0.25) is 0 Å². The molecule has 4 aliphatic rings. The molecule has 4 saturated heterocycles. The number of rotatable bonds is 10. The molecule has 0 aromatic rings. The van der Waals surface area contributed by atoms with Crippen molar-refractivity contribution in [1.82, 2.24) is 0 Å². The van der Waals surface area contributed by atoms with Crippen LogP contribution < -0.4 is 0 Å². The van der Waals surface area contributed by atoms with Gasteiger partial charge in [-0.1, -0.05) is 0 Å². The van der Waals surface area contributed by atoms with Crippen LogP contribution in [-0.2, 0) is 33.2 Å². The van der Waals surface area contributed by atoms with Crippen LogP contribution in [0.2, 0.25) is 0 Å². The predicted molar refractivity (Wildman–Crippen MR) is 134 cm³/mol. The lowest BCUT2D eigenvalue weighted by atomic mass is 9.97. The zero-order valence-electron chi connectivity index (χ0n) is 23.5. The van der Waals surface area contributed by atoms with Gasteiger partial charge >= 0.3 is 0 Å². The summed E-state index contributed by atoms with van der Waals surface area (Å²) in [6, 6.07) is 0. The molecule has 0 aliphatic carbocycles. The summed E-state index contributed by atoms with van der Waals surface area (Å²) in [6.07, 6.45) is -34.7. The van der Waals surface area contributed by atoms with E-state index >= 15 is 0 Å². The minimum atomic E-state index is -1.96. The first kappa shape index (κ1) is 37.0. The Morgan fingerprint density at radius 1 is 0.378 bits per heavy atom. The molecule has 4 rings (SSSR count). The Morgan fingerprint density at radius 3 is 1.22 bits per heavy atom. The van der Waals surface area contributed by atoms with Crippen LogP contribution in [0.1, 0.15) is 0 Å². The molecule has 20 atom stereocenters. The van der Waals surface area contributed by atoms with Crippen molar-refractivity contribution in [1.29, 1.82) is 0 Å². The minimum Gasteiger partial charge on any atom is -0.394 e. The molecule has 0 bridgehead atoms. The van der Waals surface area contributed by atoms with Crippen molar-refractivity contribution in [2.24, 2.45) is 0 Å². The predicted octanol–water partition coefficient (Wildman–Crippen LogP) is -9.75. The summed E-state index contributed by atoms with van der Waals surface area (Å²) < 4.78 is 37.2. The number of aliphatic hydroxyl groups is 14. The van der Waals surface area contributed by atoms with Gasteiger partial charge in [-0.2, -0.15) is 0 Å². The highest BCUT2D eigenvalue weighted by molar-refractivity contribution is 4.95. The van der Waals surface area contributed by atoms with Gasteiger partial charge in [-0.05, 0) is 0 Å². The van der Waals surface area contributed by atoms with Crippen LogP contribution in [-0.4, -0.2) is 221 Å². The lowest BCUT2D eigenvalue weighted by Gasteiger charge is -2.46. The van der Waals surface area contributed by atoms with Gasteiger partial charge in [0.25, 0.3) is 0 Å². The van der Waals surface area contributed by atoms with Crippen molar-refractivity contribution in [2.45, 2.75) is 123 Å². The molecule has 21 heteroatoms. The number of hydrogen-bond donors (Lipinski definition) is 14. The molecule has 4 fully saturated rings. The highest BCUT2D eigenvalue weighted by atomic mass is 16.8. The van der Waals surface area contributed by atoms with Crippen LogP contribution in [0.15, 0.2) is 0 Å². The second-order valence-electron chi connectivity index (χ2n) is 11.2. The number of aliphatic hydroxyl groups excluding tert-OH is 14. The molecule has 4 heterocycles. The van der Waals surface area contributed by atoms with E-state index in [4.69, 9.17) is 33.2 Å². The standard InChI is InChI=1S/C24H42O21/c25-1-5-9(27)13(31)16(34)22(42-5)39-3-7-10(28)14(32)17(35)23(43-7)40-4-8-11(29)15(33)18(36)24(44-8)45-20-12(30)6(2-26)41-21(38)19(20)37/h5-38H,1-4H2/t5-,6-,7-,8-,9-,10-,11-,12-,13+,14+,15+,16+,17+,18-,19+,20+,21+,22+,23+,24-/m1/s1. The monoisotopic (exact) mass is 666 g/mol. The van der Waals surface area contributed by atoms with E-state index in [0.717, 1.165) is 0 Å². The zero-order chi connectivity index (χ0) is 33.3. The summed E-state index contributed by atoms with van der Waals surface area (Å²) in [5, 5.41) is 142. The number of ether oxygens (including phenoxy) is 7. The van der Waals surface area contributed by atoms with E-state index in [9.17, 15) is 71.5 Å². The molecular formula is C24H42O21. The average Bonchev–Trinajstić information content (AvgIpc) is 3.02. The van der Waals surface area contributed by atoms with E-state index in [0.29, 0.717) is 0 Å². The molecule has 0 aromatic heterocycles. The molecule has 0 aromatic carbocycles. The Balaban J connectivity index is 1.37. The highest BCUT2D eigenvalue weighted by Gasteiger charge is 2.52. The third kappa shape index (κ3) is 7.75. The smallest absolute Gasteiger partial charge is 0.187 e. The van der Waals surface area contributed by atoms with E-state index < -0.39 is 149 Å². The Hall–Kier alpha value is -0.840. The Morgan fingerprint density at radius 2 is 0.756 bits per heavy atom. The average molecular weight is 667 g/mol. The molecule has 0 spiro atoms. The molecule has 45 heavy (non-hydrogen) atoms. The summed E-state index contributed by atoms with van der Waals surface area (Å²) in [7, 11) is 0. The fourth-order valence-electron chi connectivity index (χ4n) is 5.33. The van der Waals surface area contributed by atoms with Gasteiger partial charge in [-0.25, -0.2) is 0 Å². The number of hydrogen-bond acceptors (Lipinski definition) is 21. The summed E-state index contributed by atoms with van der Waals surface area (Å²) in [5.74, 6) is 0. The summed E-state index contributed by atoms with van der Waals surface area (Å²) in [5.41, 5.74) is 0. The van der Waals surface area contributed by atoms with Crippen LogP contribution in [0.5, 0.6) is 0 Å². The molecule has 0 amide bonds. The van der Waals surface area contributed by atoms with Gasteiger partial charge < -0.3 is 105 Å². The first-order chi connectivity index (χ1) is 21.2. The Labute approximate surface area is 254 Å². The van der Waals surface area contributed by atoms with Crippen molar-refractivity contribution >= 4 is 0 Å². The molecule has 0 unspecified atom stereocenters. The van der Waals surface area contributed by atoms with E-state index in [1.807, 2.05) is 0 Å². The maximum atomic E-state index is 10.5. The van der Waals surface area contributed by atoms with Crippen LogP contribution in [0, 0.1) is 0 Å². The van der Waals surface area contributed by atoms with Gasteiger partial charge in [0.1, 0.15) is 97.7 Å². The Bertz CT molecular complexity index is 916. The van der Waals surface area contributed by atoms with Crippen molar-refractivity contribution in [2.75, 3.05) is 26.4 Å². The second kappa shape index (κ2) is 15.6. The normalized spacial score (nSPS) is 52.9. The summed E-state index contributed by atoms with van der Waals surface area (Å²) >= 11 is 0. The van der Waals surface area contributed by atoms with Crippen molar-refractivity contribution in [3.63, 3.8) is 0 Å². The van der Waals surface area contributed by atoms with Crippen LogP contribution in [0.3, 0.4) is 0 Å². The van der Waals surface area contributed by atoms with Gasteiger partial charge in [-0.3, -0.25) is 0 Å². The fourth-order valence-corrected chi connectivity index (χ4v) is 5.33. The second-order valence-corrected chi connectivity index (χ2v) is 11.2. The topological polar surface area (TPSA) is 348 Å².